The van der Waals surface area contributed by atoms with Crippen LogP contribution in [0, 0.1) is 0 Å². The smallest absolute Gasteiger partial charge is 0.147 e. The number of pyridine rings is 1. The van der Waals surface area contributed by atoms with Crippen molar-refractivity contribution in [3.05, 3.63) is 55.5 Å². The molecule has 23 heavy (non-hydrogen) atoms. The van der Waals surface area contributed by atoms with Gasteiger partial charge in [0, 0.05) is 62.0 Å². The maximum Gasteiger partial charge on any atom is 0.147 e. The van der Waals surface area contributed by atoms with E-state index < -0.39 is 0 Å². The normalized spacial score (nSPS) is 18.7. The van der Waals surface area contributed by atoms with Gasteiger partial charge < -0.3 is 14.7 Å². The van der Waals surface area contributed by atoms with Crippen LogP contribution in [0.1, 0.15) is 12.8 Å². The van der Waals surface area contributed by atoms with Gasteiger partial charge in [-0.25, -0.2) is 4.98 Å². The predicted octanol–water partition coefficient (Wildman–Crippen LogP) is 2.09. The van der Waals surface area contributed by atoms with Gasteiger partial charge in [-0.2, -0.15) is 0 Å². The Labute approximate surface area is 136 Å². The third-order valence-corrected chi connectivity index (χ3v) is 4.56. The monoisotopic (exact) mass is 308 g/mol. The van der Waals surface area contributed by atoms with Crippen molar-refractivity contribution in [2.24, 2.45) is 0 Å². The molecule has 4 rings (SSSR count). The summed E-state index contributed by atoms with van der Waals surface area (Å²) in [5.74, 6) is 0.987. The lowest BCUT2D eigenvalue weighted by Gasteiger charge is -2.37. The Kier molecular flexibility index (Phi) is 3.80. The molecule has 0 saturated carbocycles. The number of anilines is 2. The van der Waals surface area contributed by atoms with Crippen molar-refractivity contribution in [2.45, 2.75) is 18.9 Å². The lowest BCUT2D eigenvalue weighted by atomic mass is 10.0. The van der Waals surface area contributed by atoms with Crippen LogP contribution in [0.5, 0.6) is 0 Å². The Bertz CT molecular complexity index is 651. The van der Waals surface area contributed by atoms with E-state index in [0.29, 0.717) is 6.04 Å². The maximum atomic E-state index is 4.40. The molecular formula is C17H20N6. The first kappa shape index (κ1) is 14.0. The first-order valence-corrected chi connectivity index (χ1v) is 8.02. The standard InChI is InChI=1S/C17H20N6/c1-5-18-6-2-15(1)22-11-12-23(14-22)16-3-9-21(10-4-16)17-13-19-7-8-20-17/h1-2,5-8,11-13,16H,3-4,9-10,14H2. The highest BCUT2D eigenvalue weighted by atomic mass is 15.4. The van der Waals surface area contributed by atoms with Crippen molar-refractivity contribution in [1.29, 1.82) is 0 Å². The third-order valence-electron chi connectivity index (χ3n) is 4.56. The van der Waals surface area contributed by atoms with Crippen molar-refractivity contribution in [3.63, 3.8) is 0 Å². The zero-order valence-electron chi connectivity index (χ0n) is 13.0. The molecular weight excluding hydrogens is 288 g/mol. The summed E-state index contributed by atoms with van der Waals surface area (Å²) in [7, 11) is 0. The summed E-state index contributed by atoms with van der Waals surface area (Å²) in [6.07, 6.45) is 15.7. The van der Waals surface area contributed by atoms with E-state index in [2.05, 4.69) is 42.1 Å². The number of hydrogen-bond donors (Lipinski definition) is 0. The molecule has 0 radical (unpaired) electrons. The van der Waals surface area contributed by atoms with E-state index >= 15 is 0 Å². The summed E-state index contributed by atoms with van der Waals surface area (Å²) >= 11 is 0. The van der Waals surface area contributed by atoms with Crippen molar-refractivity contribution in [1.82, 2.24) is 19.9 Å². The van der Waals surface area contributed by atoms with E-state index in [-0.39, 0.29) is 0 Å². The Balaban J connectivity index is 1.34. The first-order chi connectivity index (χ1) is 11.4. The molecule has 118 valence electrons. The quantitative estimate of drug-likeness (QED) is 0.865. The van der Waals surface area contributed by atoms with Gasteiger partial charge in [0.05, 0.1) is 12.9 Å². The topological polar surface area (TPSA) is 48.4 Å². The molecule has 6 heteroatoms. The van der Waals surface area contributed by atoms with Gasteiger partial charge >= 0.3 is 0 Å². The second-order valence-electron chi connectivity index (χ2n) is 5.91. The summed E-state index contributed by atoms with van der Waals surface area (Å²) in [4.78, 5) is 19.7. The van der Waals surface area contributed by atoms with E-state index in [4.69, 9.17) is 0 Å². The molecule has 0 N–H and O–H groups in total. The van der Waals surface area contributed by atoms with Crippen LogP contribution in [-0.4, -0.2) is 45.7 Å². The Morgan fingerprint density at radius 1 is 0.913 bits per heavy atom. The maximum absolute atomic E-state index is 4.40. The molecule has 0 aliphatic carbocycles. The van der Waals surface area contributed by atoms with Gasteiger partial charge in [-0.05, 0) is 25.0 Å². The minimum Gasteiger partial charge on any atom is -0.355 e. The number of nitrogens with zero attached hydrogens (tertiary/aromatic N) is 6. The van der Waals surface area contributed by atoms with Gasteiger partial charge in [0.1, 0.15) is 5.82 Å². The SMILES string of the molecule is C1=CN(C2CCN(c3cnccn3)CC2)CN1c1ccncc1. The molecule has 0 bridgehead atoms. The van der Waals surface area contributed by atoms with E-state index in [9.17, 15) is 0 Å². The van der Waals surface area contributed by atoms with E-state index in [1.807, 2.05) is 30.7 Å². The highest BCUT2D eigenvalue weighted by Gasteiger charge is 2.26. The van der Waals surface area contributed by atoms with Gasteiger partial charge in [-0.15, -0.1) is 0 Å². The van der Waals surface area contributed by atoms with Crippen LogP contribution in [-0.2, 0) is 0 Å². The molecule has 6 nitrogen and oxygen atoms in total. The molecule has 4 heterocycles. The molecule has 0 amide bonds. The van der Waals surface area contributed by atoms with Gasteiger partial charge in [0.15, 0.2) is 0 Å². The molecule has 2 aliphatic heterocycles. The van der Waals surface area contributed by atoms with Gasteiger partial charge in [-0.3, -0.25) is 9.97 Å². The van der Waals surface area contributed by atoms with Crippen LogP contribution >= 0.6 is 0 Å². The van der Waals surface area contributed by atoms with E-state index in [1.54, 1.807) is 12.4 Å². The van der Waals surface area contributed by atoms with E-state index in [0.717, 1.165) is 38.4 Å². The van der Waals surface area contributed by atoms with Gasteiger partial charge in [-0.1, -0.05) is 0 Å². The predicted molar refractivity (Wildman–Crippen MR) is 89.8 cm³/mol. The summed E-state index contributed by atoms with van der Waals surface area (Å²) in [5, 5.41) is 0. The third kappa shape index (κ3) is 2.97. The lowest BCUT2D eigenvalue weighted by molar-refractivity contribution is 0.252. The fourth-order valence-electron chi connectivity index (χ4n) is 3.26. The zero-order valence-corrected chi connectivity index (χ0v) is 13.0. The van der Waals surface area contributed by atoms with Crippen molar-refractivity contribution in [2.75, 3.05) is 29.6 Å². The average molecular weight is 308 g/mol. The summed E-state index contributed by atoms with van der Waals surface area (Å²) < 4.78 is 0. The largest absolute Gasteiger partial charge is 0.355 e. The summed E-state index contributed by atoms with van der Waals surface area (Å²) in [5.41, 5.74) is 1.19. The Morgan fingerprint density at radius 2 is 1.74 bits per heavy atom. The molecule has 0 aromatic carbocycles. The first-order valence-electron chi connectivity index (χ1n) is 8.02. The van der Waals surface area contributed by atoms with Crippen LogP contribution in [0.4, 0.5) is 11.5 Å². The highest BCUT2D eigenvalue weighted by molar-refractivity contribution is 5.48. The van der Waals surface area contributed by atoms with Crippen LogP contribution in [0.25, 0.3) is 0 Å². The Hall–Kier alpha value is -2.63. The minimum atomic E-state index is 0.589. The summed E-state index contributed by atoms with van der Waals surface area (Å²) in [6, 6.07) is 4.68. The Morgan fingerprint density at radius 3 is 2.48 bits per heavy atom. The minimum absolute atomic E-state index is 0.589. The molecule has 2 aromatic heterocycles. The number of piperidine rings is 1. The van der Waals surface area contributed by atoms with Crippen LogP contribution in [0.2, 0.25) is 0 Å². The summed E-state index contributed by atoms with van der Waals surface area (Å²) in [6.45, 7) is 2.98. The van der Waals surface area contributed by atoms with Gasteiger partial charge in [0.25, 0.3) is 0 Å². The second kappa shape index (κ2) is 6.24. The number of hydrogen-bond acceptors (Lipinski definition) is 6. The highest BCUT2D eigenvalue weighted by Crippen LogP contribution is 2.25. The molecule has 2 aromatic rings. The van der Waals surface area contributed by atoms with E-state index in [1.165, 1.54) is 5.69 Å². The molecule has 1 fully saturated rings. The van der Waals surface area contributed by atoms with Crippen molar-refractivity contribution in [3.8, 4) is 0 Å². The second-order valence-corrected chi connectivity index (χ2v) is 5.91. The molecule has 0 unspecified atom stereocenters. The molecule has 0 spiro atoms. The molecule has 2 aliphatic rings. The van der Waals surface area contributed by atoms with Crippen molar-refractivity contribution < 1.29 is 0 Å². The van der Waals surface area contributed by atoms with Crippen molar-refractivity contribution >= 4 is 11.5 Å². The fraction of sp³-hybridized carbons (Fsp3) is 0.353. The number of aromatic nitrogens is 3. The van der Waals surface area contributed by atoms with Crippen LogP contribution in [0.3, 0.4) is 0 Å². The average Bonchev–Trinajstić information content (AvgIpc) is 3.14. The van der Waals surface area contributed by atoms with Crippen LogP contribution < -0.4 is 9.80 Å². The zero-order chi connectivity index (χ0) is 15.5. The van der Waals surface area contributed by atoms with Crippen LogP contribution in [0.15, 0.2) is 55.5 Å². The lowest BCUT2D eigenvalue weighted by Crippen LogP contribution is -2.44. The fourth-order valence-corrected chi connectivity index (χ4v) is 3.26. The van der Waals surface area contributed by atoms with Gasteiger partial charge in [0.2, 0.25) is 0 Å². The molecule has 1 saturated heterocycles. The molecule has 0 atom stereocenters. The number of rotatable bonds is 3.